The van der Waals surface area contributed by atoms with Gasteiger partial charge in [-0.25, -0.2) is 0 Å². The first-order valence-corrected chi connectivity index (χ1v) is 6.22. The number of anilines is 1. The second-order valence-corrected chi connectivity index (χ2v) is 4.16. The number of benzene rings is 2. The summed E-state index contributed by atoms with van der Waals surface area (Å²) in [6, 6.07) is 14.2. The Bertz CT molecular complexity index is 613. The van der Waals surface area contributed by atoms with Crippen molar-refractivity contribution in [3.63, 3.8) is 0 Å². The summed E-state index contributed by atoms with van der Waals surface area (Å²) in [5, 5.41) is 0. The van der Waals surface area contributed by atoms with Crippen molar-refractivity contribution in [2.45, 2.75) is 6.36 Å². The number of hydrazine groups is 1. The zero-order valence-electron chi connectivity index (χ0n) is 11.4. The van der Waals surface area contributed by atoms with Gasteiger partial charge in [0, 0.05) is 0 Å². The first-order chi connectivity index (χ1) is 10.4. The molecule has 0 fully saturated rings. The Morgan fingerprint density at radius 3 is 2.14 bits per heavy atom. The van der Waals surface area contributed by atoms with Crippen LogP contribution < -0.4 is 20.3 Å². The van der Waals surface area contributed by atoms with Gasteiger partial charge in [-0.1, -0.05) is 18.2 Å². The van der Waals surface area contributed by atoms with E-state index in [1.54, 1.807) is 12.1 Å². The third-order valence-corrected chi connectivity index (χ3v) is 2.42. The molecule has 0 heterocycles. The van der Waals surface area contributed by atoms with Crippen molar-refractivity contribution in [2.24, 2.45) is 0 Å². The van der Waals surface area contributed by atoms with Gasteiger partial charge >= 0.3 is 6.36 Å². The minimum absolute atomic E-state index is 0.238. The average Bonchev–Trinajstić information content (AvgIpc) is 2.46. The molecule has 0 saturated heterocycles. The molecule has 0 saturated carbocycles. The van der Waals surface area contributed by atoms with Gasteiger partial charge in [0.05, 0.1) is 5.69 Å². The minimum atomic E-state index is -4.70. The van der Waals surface area contributed by atoms with Gasteiger partial charge in [0.1, 0.15) is 11.5 Å². The first-order valence-electron chi connectivity index (χ1n) is 6.22. The summed E-state index contributed by atoms with van der Waals surface area (Å²) in [5.41, 5.74) is 5.95. The van der Waals surface area contributed by atoms with Crippen LogP contribution in [0.1, 0.15) is 0 Å². The highest BCUT2D eigenvalue weighted by molar-refractivity contribution is 5.45. The van der Waals surface area contributed by atoms with E-state index in [2.05, 4.69) is 22.2 Å². The van der Waals surface area contributed by atoms with E-state index < -0.39 is 6.36 Å². The quantitative estimate of drug-likeness (QED) is 0.624. The first kappa shape index (κ1) is 15.6. The van der Waals surface area contributed by atoms with E-state index in [1.165, 1.54) is 24.3 Å². The molecule has 0 amide bonds. The molecular weight excluding hydrogens is 297 g/mol. The average molecular weight is 310 g/mol. The van der Waals surface area contributed by atoms with Gasteiger partial charge in [0.2, 0.25) is 5.88 Å². The maximum atomic E-state index is 12.0. The van der Waals surface area contributed by atoms with Crippen molar-refractivity contribution in [1.29, 1.82) is 0 Å². The Hall–Kier alpha value is -2.83. The van der Waals surface area contributed by atoms with E-state index in [0.29, 0.717) is 11.4 Å². The molecule has 0 atom stereocenters. The molecule has 2 aromatic carbocycles. The summed E-state index contributed by atoms with van der Waals surface area (Å²) in [6.45, 7) is 3.66. The van der Waals surface area contributed by atoms with Gasteiger partial charge in [0.25, 0.3) is 0 Å². The fourth-order valence-electron chi connectivity index (χ4n) is 1.54. The predicted molar refractivity (Wildman–Crippen MR) is 76.1 cm³/mol. The fraction of sp³-hybridized carbons (Fsp3) is 0.0667. The number of hydrogen-bond acceptors (Lipinski definition) is 4. The maximum absolute atomic E-state index is 12.0. The molecule has 0 bridgehead atoms. The zero-order valence-corrected chi connectivity index (χ0v) is 11.4. The van der Waals surface area contributed by atoms with Gasteiger partial charge in [-0.05, 0) is 43.0 Å². The summed E-state index contributed by atoms with van der Waals surface area (Å²) < 4.78 is 45.2. The summed E-state index contributed by atoms with van der Waals surface area (Å²) in [6.07, 6.45) is -4.70. The molecular formula is C15H13F3N2O2. The predicted octanol–water partition coefficient (Wildman–Crippen LogP) is 4.05. The van der Waals surface area contributed by atoms with Crippen molar-refractivity contribution in [2.75, 3.05) is 5.43 Å². The molecule has 0 aliphatic rings. The second kappa shape index (κ2) is 6.75. The molecule has 2 aromatic rings. The molecule has 7 heteroatoms. The molecule has 0 aliphatic heterocycles. The van der Waals surface area contributed by atoms with E-state index in [1.807, 2.05) is 18.2 Å². The minimum Gasteiger partial charge on any atom is -0.440 e. The van der Waals surface area contributed by atoms with E-state index in [9.17, 15) is 13.2 Å². The summed E-state index contributed by atoms with van der Waals surface area (Å²) in [5.74, 6) is 0.551. The molecule has 2 rings (SSSR count). The maximum Gasteiger partial charge on any atom is 0.573 e. The number of halogens is 3. The van der Waals surface area contributed by atoms with Gasteiger partial charge in [0.15, 0.2) is 0 Å². The third kappa shape index (κ3) is 5.28. The smallest absolute Gasteiger partial charge is 0.440 e. The highest BCUT2D eigenvalue weighted by Gasteiger charge is 2.30. The van der Waals surface area contributed by atoms with Crippen LogP contribution in [0.5, 0.6) is 11.5 Å². The zero-order chi connectivity index (χ0) is 16.0. The molecule has 116 valence electrons. The largest absolute Gasteiger partial charge is 0.573 e. The van der Waals surface area contributed by atoms with Crippen LogP contribution in [-0.2, 0) is 0 Å². The van der Waals surface area contributed by atoms with Gasteiger partial charge in [-0.15, -0.1) is 13.2 Å². The van der Waals surface area contributed by atoms with E-state index in [-0.39, 0.29) is 11.6 Å². The number of rotatable bonds is 6. The standard InChI is InChI=1S/C15H13F3N2O2/c1-11(21-13-5-3-2-4-6-13)19-20-12-7-9-14(10-8-12)22-15(16,17)18/h2-10,19-20H,1H2. The normalized spacial score (nSPS) is 10.7. The van der Waals surface area contributed by atoms with Gasteiger partial charge < -0.3 is 9.47 Å². The van der Waals surface area contributed by atoms with Crippen LogP contribution in [0.4, 0.5) is 18.9 Å². The van der Waals surface area contributed by atoms with E-state index in [0.717, 1.165) is 0 Å². The third-order valence-electron chi connectivity index (χ3n) is 2.42. The molecule has 0 spiro atoms. The molecule has 22 heavy (non-hydrogen) atoms. The van der Waals surface area contributed by atoms with Crippen LogP contribution in [0.15, 0.2) is 67.1 Å². The molecule has 0 aromatic heterocycles. The van der Waals surface area contributed by atoms with Crippen molar-refractivity contribution in [1.82, 2.24) is 5.43 Å². The molecule has 0 aliphatic carbocycles. The number of hydrogen-bond donors (Lipinski definition) is 2. The van der Waals surface area contributed by atoms with Crippen LogP contribution in [0.25, 0.3) is 0 Å². The number of alkyl halides is 3. The van der Waals surface area contributed by atoms with E-state index in [4.69, 9.17) is 4.74 Å². The monoisotopic (exact) mass is 310 g/mol. The van der Waals surface area contributed by atoms with Crippen molar-refractivity contribution >= 4 is 5.69 Å². The SMILES string of the molecule is C=C(NNc1ccc(OC(F)(F)F)cc1)Oc1ccccc1. The number of nitrogens with one attached hydrogen (secondary N) is 2. The summed E-state index contributed by atoms with van der Waals surface area (Å²) in [4.78, 5) is 0. The molecule has 0 radical (unpaired) electrons. The van der Waals surface area contributed by atoms with Gasteiger partial charge in [-0.2, -0.15) is 0 Å². The lowest BCUT2D eigenvalue weighted by atomic mass is 10.3. The van der Waals surface area contributed by atoms with Crippen LogP contribution >= 0.6 is 0 Å². The molecule has 0 unspecified atom stereocenters. The van der Waals surface area contributed by atoms with Gasteiger partial charge in [-0.3, -0.25) is 10.9 Å². The second-order valence-electron chi connectivity index (χ2n) is 4.16. The van der Waals surface area contributed by atoms with Crippen molar-refractivity contribution in [3.05, 3.63) is 67.1 Å². The topological polar surface area (TPSA) is 42.5 Å². The Morgan fingerprint density at radius 2 is 1.55 bits per heavy atom. The van der Waals surface area contributed by atoms with E-state index >= 15 is 0 Å². The molecule has 4 nitrogen and oxygen atoms in total. The van der Waals surface area contributed by atoms with Crippen LogP contribution in [-0.4, -0.2) is 6.36 Å². The van der Waals surface area contributed by atoms with Crippen molar-refractivity contribution in [3.8, 4) is 11.5 Å². The summed E-state index contributed by atoms with van der Waals surface area (Å²) >= 11 is 0. The Kier molecular flexibility index (Phi) is 4.77. The Balaban J connectivity index is 1.83. The lowest BCUT2D eigenvalue weighted by molar-refractivity contribution is -0.274. The van der Waals surface area contributed by atoms with Crippen molar-refractivity contribution < 1.29 is 22.6 Å². The highest BCUT2D eigenvalue weighted by atomic mass is 19.4. The lowest BCUT2D eigenvalue weighted by Crippen LogP contribution is -2.23. The fourth-order valence-corrected chi connectivity index (χ4v) is 1.54. The molecule has 2 N–H and O–H groups in total. The van der Waals surface area contributed by atoms with Crippen LogP contribution in [0, 0.1) is 0 Å². The Morgan fingerprint density at radius 1 is 0.909 bits per heavy atom. The Labute approximate surface area is 125 Å². The van der Waals surface area contributed by atoms with Crippen LogP contribution in [0.3, 0.4) is 0 Å². The van der Waals surface area contributed by atoms with Crippen LogP contribution in [0.2, 0.25) is 0 Å². The number of ether oxygens (including phenoxy) is 2. The highest BCUT2D eigenvalue weighted by Crippen LogP contribution is 2.23. The summed E-state index contributed by atoms with van der Waals surface area (Å²) in [7, 11) is 0. The lowest BCUT2D eigenvalue weighted by Gasteiger charge is -2.13. The number of para-hydroxylation sites is 1.